The van der Waals surface area contributed by atoms with Crippen LogP contribution in [0.1, 0.15) is 97.5 Å². The van der Waals surface area contributed by atoms with Gasteiger partial charge in [-0.25, -0.2) is 0 Å². The van der Waals surface area contributed by atoms with Crippen molar-refractivity contribution < 1.29 is 43.0 Å². The number of ether oxygens (including phenoxy) is 3. The van der Waals surface area contributed by atoms with E-state index in [1.54, 1.807) is 12.1 Å². The second kappa shape index (κ2) is 15.2. The number of amides is 2. The van der Waals surface area contributed by atoms with E-state index in [4.69, 9.17) is 36.4 Å². The third kappa shape index (κ3) is 8.93. The molecule has 1 saturated heterocycles. The highest BCUT2D eigenvalue weighted by atomic mass is 35.5. The first-order valence-electron chi connectivity index (χ1n) is 17.9. The van der Waals surface area contributed by atoms with Gasteiger partial charge in [0.2, 0.25) is 11.7 Å². The second-order valence-electron chi connectivity index (χ2n) is 16.4. The van der Waals surface area contributed by atoms with Crippen LogP contribution in [0.2, 0.25) is 5.02 Å². The standard InChI is InChI=1S/C38H52ClN3O9/c1-36(2,3)34(41-31(44)20-37(4)9-11-50-12-10-37)33(46)25-18-38(17-24(25)28(43)14-22(13-21-7-8-21)32(45)35(40)47)19-27(42-51-38)23-15-26(39)30(49-6)16-29(23)48-5/h15-16,21-22,24-25,34H,7-14,17-20H2,1-6H3,(H2,40,47)(H,41,44)/t22-,24-,25?,34-,38-/m1/s1. The zero-order valence-corrected chi connectivity index (χ0v) is 31.4. The number of methoxy groups -OCH3 is 2. The Kier molecular flexibility index (Phi) is 11.6. The van der Waals surface area contributed by atoms with E-state index in [9.17, 15) is 24.0 Å². The molecule has 13 heteroatoms. The Bertz CT molecular complexity index is 1580. The van der Waals surface area contributed by atoms with Crippen molar-refractivity contribution in [2.75, 3.05) is 27.4 Å². The van der Waals surface area contributed by atoms with Gasteiger partial charge in [0.25, 0.3) is 5.91 Å². The summed E-state index contributed by atoms with van der Waals surface area (Å²) >= 11 is 6.48. The Hall–Kier alpha value is -3.51. The lowest BCUT2D eigenvalue weighted by Gasteiger charge is -2.36. The van der Waals surface area contributed by atoms with Crippen molar-refractivity contribution >= 4 is 46.5 Å². The van der Waals surface area contributed by atoms with Crippen LogP contribution < -0.4 is 20.5 Å². The number of carbonyl (C=O) groups excluding carboxylic acids is 5. The monoisotopic (exact) mass is 729 g/mol. The van der Waals surface area contributed by atoms with Crippen molar-refractivity contribution in [1.82, 2.24) is 5.32 Å². The van der Waals surface area contributed by atoms with Gasteiger partial charge in [0, 0.05) is 74.7 Å². The summed E-state index contributed by atoms with van der Waals surface area (Å²) in [6.45, 7) is 8.88. The largest absolute Gasteiger partial charge is 0.496 e. The molecule has 280 valence electrons. The number of primary amides is 1. The number of nitrogens with zero attached hydrogens (tertiary/aromatic N) is 1. The van der Waals surface area contributed by atoms with Gasteiger partial charge in [0.15, 0.2) is 5.78 Å². The molecular formula is C38H52ClN3O9. The number of carbonyl (C=O) groups is 5. The molecule has 3 fully saturated rings. The van der Waals surface area contributed by atoms with E-state index in [1.165, 1.54) is 14.2 Å². The average molecular weight is 730 g/mol. The Morgan fingerprint density at radius 3 is 2.27 bits per heavy atom. The topological polar surface area (TPSA) is 173 Å². The van der Waals surface area contributed by atoms with E-state index in [0.717, 1.165) is 25.7 Å². The quantitative estimate of drug-likeness (QED) is 0.236. The van der Waals surface area contributed by atoms with Crippen LogP contribution in [0.3, 0.4) is 0 Å². The number of oxime groups is 1. The molecule has 5 rings (SSSR count). The van der Waals surface area contributed by atoms with E-state index in [2.05, 4.69) is 17.4 Å². The fourth-order valence-electron chi connectivity index (χ4n) is 7.98. The molecule has 2 saturated carbocycles. The van der Waals surface area contributed by atoms with Crippen LogP contribution in [0.4, 0.5) is 0 Å². The molecule has 0 bridgehead atoms. The number of Topliss-reactive ketones (excluding diaryl/α,β-unsaturated/α-hetero) is 3. The first-order chi connectivity index (χ1) is 24.0. The number of ketones is 3. The zero-order chi connectivity index (χ0) is 37.3. The average Bonchev–Trinajstić information content (AvgIpc) is 3.67. The van der Waals surface area contributed by atoms with Gasteiger partial charge < -0.3 is 30.1 Å². The van der Waals surface area contributed by atoms with Crippen LogP contribution in [-0.2, 0) is 33.5 Å². The van der Waals surface area contributed by atoms with Gasteiger partial charge in [-0.2, -0.15) is 0 Å². The molecule has 2 aliphatic carbocycles. The fraction of sp³-hybridized carbons (Fsp3) is 0.684. The molecule has 5 atom stereocenters. The van der Waals surface area contributed by atoms with Gasteiger partial charge in [-0.3, -0.25) is 24.0 Å². The fourth-order valence-corrected chi connectivity index (χ4v) is 8.22. The summed E-state index contributed by atoms with van der Waals surface area (Å²) in [6.07, 6.45) is 4.36. The Labute approximate surface area is 304 Å². The molecule has 1 spiro atoms. The van der Waals surface area contributed by atoms with E-state index in [0.29, 0.717) is 47.4 Å². The first kappa shape index (κ1) is 38.7. The first-order valence-corrected chi connectivity index (χ1v) is 18.3. The molecule has 0 radical (unpaired) electrons. The molecule has 1 unspecified atom stereocenters. The molecule has 4 aliphatic rings. The molecule has 0 aromatic heterocycles. The van der Waals surface area contributed by atoms with Crippen molar-refractivity contribution in [1.29, 1.82) is 0 Å². The lowest BCUT2D eigenvalue weighted by Crippen LogP contribution is -2.53. The predicted molar refractivity (Wildman–Crippen MR) is 190 cm³/mol. The maximum absolute atomic E-state index is 14.8. The molecule has 1 aromatic carbocycles. The molecule has 51 heavy (non-hydrogen) atoms. The minimum absolute atomic E-state index is 0.158. The highest BCUT2D eigenvalue weighted by molar-refractivity contribution is 6.36. The summed E-state index contributed by atoms with van der Waals surface area (Å²) in [4.78, 5) is 73.6. The number of hydrogen-bond acceptors (Lipinski definition) is 10. The van der Waals surface area contributed by atoms with Crippen molar-refractivity contribution in [2.45, 2.75) is 104 Å². The molecule has 2 heterocycles. The molecule has 1 aromatic rings. The Morgan fingerprint density at radius 1 is 1.04 bits per heavy atom. The Morgan fingerprint density at radius 2 is 1.69 bits per heavy atom. The third-order valence-corrected chi connectivity index (χ3v) is 11.5. The maximum Gasteiger partial charge on any atom is 0.285 e. The summed E-state index contributed by atoms with van der Waals surface area (Å²) in [5, 5.41) is 7.83. The molecular weight excluding hydrogens is 678 g/mol. The van der Waals surface area contributed by atoms with Crippen LogP contribution in [-0.4, -0.2) is 74.0 Å². The van der Waals surface area contributed by atoms with Crippen LogP contribution >= 0.6 is 11.6 Å². The predicted octanol–water partition coefficient (Wildman–Crippen LogP) is 4.98. The maximum atomic E-state index is 14.8. The van der Waals surface area contributed by atoms with E-state index in [1.807, 2.05) is 20.8 Å². The number of nitrogens with two attached hydrogens (primary N) is 1. The molecule has 12 nitrogen and oxygen atoms in total. The van der Waals surface area contributed by atoms with Gasteiger partial charge in [-0.15, -0.1) is 0 Å². The smallest absolute Gasteiger partial charge is 0.285 e. The van der Waals surface area contributed by atoms with Crippen LogP contribution in [0.5, 0.6) is 11.5 Å². The minimum atomic E-state index is -1.07. The molecule has 2 amide bonds. The van der Waals surface area contributed by atoms with Crippen molar-refractivity contribution in [3.05, 3.63) is 22.7 Å². The Balaban J connectivity index is 1.43. The van der Waals surface area contributed by atoms with E-state index >= 15 is 0 Å². The van der Waals surface area contributed by atoms with E-state index < -0.39 is 46.5 Å². The van der Waals surface area contributed by atoms with Crippen molar-refractivity contribution in [2.24, 2.45) is 45.4 Å². The lowest BCUT2D eigenvalue weighted by molar-refractivity contribution is -0.141. The third-order valence-electron chi connectivity index (χ3n) is 11.2. The van der Waals surface area contributed by atoms with Gasteiger partial charge in [-0.1, -0.05) is 57.3 Å². The highest BCUT2D eigenvalue weighted by Gasteiger charge is 2.57. The number of hydrogen-bond donors (Lipinski definition) is 2. The minimum Gasteiger partial charge on any atom is -0.496 e. The summed E-state index contributed by atoms with van der Waals surface area (Å²) in [6, 6.07) is 2.44. The van der Waals surface area contributed by atoms with Crippen LogP contribution in [0, 0.1) is 34.5 Å². The number of rotatable bonds is 15. The van der Waals surface area contributed by atoms with Crippen molar-refractivity contribution in [3.8, 4) is 11.5 Å². The van der Waals surface area contributed by atoms with E-state index in [-0.39, 0.29) is 60.9 Å². The van der Waals surface area contributed by atoms with Gasteiger partial charge in [0.05, 0.1) is 31.0 Å². The van der Waals surface area contributed by atoms with Crippen LogP contribution in [0.15, 0.2) is 17.3 Å². The summed E-state index contributed by atoms with van der Waals surface area (Å²) in [7, 11) is 3.02. The number of benzene rings is 1. The second-order valence-corrected chi connectivity index (χ2v) is 16.8. The lowest BCUT2D eigenvalue weighted by atomic mass is 9.75. The summed E-state index contributed by atoms with van der Waals surface area (Å²) < 4.78 is 16.5. The van der Waals surface area contributed by atoms with Crippen LogP contribution in [0.25, 0.3) is 0 Å². The van der Waals surface area contributed by atoms with Crippen molar-refractivity contribution in [3.63, 3.8) is 0 Å². The normalized spacial score (nSPS) is 25.4. The van der Waals surface area contributed by atoms with Gasteiger partial charge in [0.1, 0.15) is 22.9 Å². The van der Waals surface area contributed by atoms with Gasteiger partial charge >= 0.3 is 0 Å². The summed E-state index contributed by atoms with van der Waals surface area (Å²) in [5.74, 6) is -4.02. The molecule has 2 aliphatic heterocycles. The zero-order valence-electron chi connectivity index (χ0n) is 30.6. The number of nitrogens with one attached hydrogen (secondary N) is 1. The molecule has 3 N–H and O–H groups in total. The summed E-state index contributed by atoms with van der Waals surface area (Å²) in [5.41, 5.74) is 4.58. The highest BCUT2D eigenvalue weighted by Crippen LogP contribution is 2.51. The SMILES string of the molecule is COc1cc(OC)c(C2=NO[C@@]3(C2)CC(C(=O)[C@@H](NC(=O)CC2(C)CCOCC2)C(C)(C)C)[C@H](C(=O)C[C@@H](CC2CC2)C(=O)C(N)=O)C3)cc1Cl. The number of halogens is 1. The van der Waals surface area contributed by atoms with Gasteiger partial charge in [-0.05, 0) is 42.1 Å².